The fourth-order valence-electron chi connectivity index (χ4n) is 3.25. The van der Waals surface area contributed by atoms with Gasteiger partial charge in [-0.05, 0) is 35.6 Å². The van der Waals surface area contributed by atoms with Gasteiger partial charge in [0.1, 0.15) is 0 Å². The van der Waals surface area contributed by atoms with E-state index in [1.54, 1.807) is 22.8 Å². The summed E-state index contributed by atoms with van der Waals surface area (Å²) in [6.45, 7) is 6.64. The van der Waals surface area contributed by atoms with E-state index in [9.17, 15) is 14.7 Å². The molecular formula is C23H27N3O3S. The lowest BCUT2D eigenvalue weighted by atomic mass is 9.86. The van der Waals surface area contributed by atoms with Gasteiger partial charge in [0.2, 0.25) is 5.91 Å². The van der Waals surface area contributed by atoms with Crippen LogP contribution in [0.2, 0.25) is 0 Å². The first-order valence-electron chi connectivity index (χ1n) is 9.94. The Bertz CT molecular complexity index is 1100. The van der Waals surface area contributed by atoms with E-state index < -0.39 is 0 Å². The van der Waals surface area contributed by atoms with Crippen LogP contribution in [-0.2, 0) is 16.8 Å². The zero-order chi connectivity index (χ0) is 21.7. The second kappa shape index (κ2) is 9.45. The Hall–Kier alpha value is -2.64. The molecule has 30 heavy (non-hydrogen) atoms. The summed E-state index contributed by atoms with van der Waals surface area (Å²) in [6, 6.07) is 14.9. The van der Waals surface area contributed by atoms with Crippen molar-refractivity contribution >= 4 is 34.3 Å². The van der Waals surface area contributed by atoms with Gasteiger partial charge in [0.25, 0.3) is 5.56 Å². The van der Waals surface area contributed by atoms with Crippen molar-refractivity contribution in [2.75, 3.05) is 17.7 Å². The lowest BCUT2D eigenvalue weighted by Gasteiger charge is -2.23. The number of thioether (sulfide) groups is 1. The van der Waals surface area contributed by atoms with Crippen molar-refractivity contribution in [2.45, 2.75) is 44.3 Å². The molecule has 1 aromatic heterocycles. The van der Waals surface area contributed by atoms with Crippen LogP contribution in [0.15, 0.2) is 58.5 Å². The van der Waals surface area contributed by atoms with Crippen LogP contribution in [0.3, 0.4) is 0 Å². The first-order valence-corrected chi connectivity index (χ1v) is 10.9. The van der Waals surface area contributed by atoms with Crippen LogP contribution in [-0.4, -0.2) is 32.9 Å². The summed E-state index contributed by atoms with van der Waals surface area (Å²) in [5.41, 5.74) is 2.20. The van der Waals surface area contributed by atoms with Gasteiger partial charge in [-0.1, -0.05) is 62.9 Å². The van der Waals surface area contributed by atoms with Crippen molar-refractivity contribution in [3.8, 4) is 0 Å². The molecule has 0 radical (unpaired) electrons. The number of anilines is 1. The zero-order valence-corrected chi connectivity index (χ0v) is 18.3. The van der Waals surface area contributed by atoms with Gasteiger partial charge in [-0.3, -0.25) is 14.2 Å². The SMILES string of the molecule is CC(C)(C)c1ccccc1NC(=O)CSc1nc2ccccc2c(=O)n1CCCO. The van der Waals surface area contributed by atoms with Crippen LogP contribution >= 0.6 is 11.8 Å². The number of para-hydroxylation sites is 2. The average Bonchev–Trinajstić information content (AvgIpc) is 2.71. The number of carbonyl (C=O) groups is 1. The second-order valence-electron chi connectivity index (χ2n) is 8.08. The van der Waals surface area contributed by atoms with Crippen LogP contribution < -0.4 is 10.9 Å². The lowest BCUT2D eigenvalue weighted by molar-refractivity contribution is -0.113. The molecule has 2 N–H and O–H groups in total. The van der Waals surface area contributed by atoms with E-state index >= 15 is 0 Å². The van der Waals surface area contributed by atoms with Gasteiger partial charge < -0.3 is 10.4 Å². The predicted molar refractivity (Wildman–Crippen MR) is 122 cm³/mol. The number of fused-ring (bicyclic) bond motifs is 1. The number of aromatic nitrogens is 2. The highest BCUT2D eigenvalue weighted by Crippen LogP contribution is 2.29. The summed E-state index contributed by atoms with van der Waals surface area (Å²) >= 11 is 1.23. The van der Waals surface area contributed by atoms with Crippen LogP contribution in [0, 0.1) is 0 Å². The Labute approximate surface area is 180 Å². The van der Waals surface area contributed by atoms with Crippen molar-refractivity contribution in [3.63, 3.8) is 0 Å². The third-order valence-electron chi connectivity index (χ3n) is 4.71. The van der Waals surface area contributed by atoms with Crippen molar-refractivity contribution in [2.24, 2.45) is 0 Å². The molecule has 0 unspecified atom stereocenters. The van der Waals surface area contributed by atoms with Gasteiger partial charge in [-0.25, -0.2) is 4.98 Å². The molecule has 0 aliphatic heterocycles. The Balaban J connectivity index is 1.82. The molecule has 7 heteroatoms. The molecule has 0 bridgehead atoms. The van der Waals surface area contributed by atoms with Crippen molar-refractivity contribution < 1.29 is 9.90 Å². The minimum absolute atomic E-state index is 0.0204. The Kier molecular flexibility index (Phi) is 6.95. The first-order chi connectivity index (χ1) is 14.3. The predicted octanol–water partition coefficient (Wildman–Crippen LogP) is 3.81. The summed E-state index contributed by atoms with van der Waals surface area (Å²) in [5, 5.41) is 13.2. The molecule has 0 aliphatic rings. The van der Waals surface area contributed by atoms with Gasteiger partial charge in [0.15, 0.2) is 5.16 Å². The highest BCUT2D eigenvalue weighted by molar-refractivity contribution is 7.99. The van der Waals surface area contributed by atoms with Crippen molar-refractivity contribution in [3.05, 3.63) is 64.4 Å². The molecule has 0 aliphatic carbocycles. The molecule has 1 heterocycles. The Morgan fingerprint density at radius 1 is 1.13 bits per heavy atom. The number of benzene rings is 2. The second-order valence-corrected chi connectivity index (χ2v) is 9.02. The Morgan fingerprint density at radius 3 is 2.57 bits per heavy atom. The van der Waals surface area contributed by atoms with Gasteiger partial charge in [-0.15, -0.1) is 0 Å². The van der Waals surface area contributed by atoms with Crippen LogP contribution in [0.25, 0.3) is 10.9 Å². The Morgan fingerprint density at radius 2 is 1.83 bits per heavy atom. The van der Waals surface area contributed by atoms with E-state index in [2.05, 4.69) is 31.1 Å². The van der Waals surface area contributed by atoms with Gasteiger partial charge in [0, 0.05) is 18.8 Å². The smallest absolute Gasteiger partial charge is 0.262 e. The number of hydrogen-bond acceptors (Lipinski definition) is 5. The average molecular weight is 426 g/mol. The molecule has 3 rings (SSSR count). The number of aliphatic hydroxyl groups excluding tert-OH is 1. The molecule has 0 spiro atoms. The number of amides is 1. The molecule has 0 saturated heterocycles. The minimum Gasteiger partial charge on any atom is -0.396 e. The van der Waals surface area contributed by atoms with Gasteiger partial charge in [0.05, 0.1) is 16.7 Å². The molecule has 2 aromatic carbocycles. The monoisotopic (exact) mass is 425 g/mol. The standard InChI is InChI=1S/C23H27N3O3S/c1-23(2,3)17-10-5-7-12-19(17)24-20(28)15-30-22-25-18-11-6-4-9-16(18)21(29)26(22)13-8-14-27/h4-7,9-12,27H,8,13-15H2,1-3H3,(H,24,28). The highest BCUT2D eigenvalue weighted by Gasteiger charge is 2.19. The third kappa shape index (κ3) is 5.09. The van der Waals surface area contributed by atoms with Crippen LogP contribution in [0.4, 0.5) is 5.69 Å². The van der Waals surface area contributed by atoms with E-state index in [-0.39, 0.29) is 29.2 Å². The molecule has 0 saturated carbocycles. The molecule has 0 fully saturated rings. The normalized spacial score (nSPS) is 11.6. The zero-order valence-electron chi connectivity index (χ0n) is 17.5. The van der Waals surface area contributed by atoms with Gasteiger partial charge in [-0.2, -0.15) is 0 Å². The molecule has 0 atom stereocenters. The maximum atomic E-state index is 12.9. The summed E-state index contributed by atoms with van der Waals surface area (Å²) in [4.78, 5) is 30.1. The van der Waals surface area contributed by atoms with Crippen molar-refractivity contribution in [1.29, 1.82) is 0 Å². The van der Waals surface area contributed by atoms with E-state index in [0.717, 1.165) is 11.3 Å². The largest absolute Gasteiger partial charge is 0.396 e. The summed E-state index contributed by atoms with van der Waals surface area (Å²) < 4.78 is 1.54. The van der Waals surface area contributed by atoms with Gasteiger partial charge >= 0.3 is 0 Å². The number of rotatable bonds is 7. The number of aliphatic hydroxyl groups is 1. The quantitative estimate of drug-likeness (QED) is 0.444. The maximum Gasteiger partial charge on any atom is 0.262 e. The first kappa shape index (κ1) is 22.1. The fraction of sp³-hybridized carbons (Fsp3) is 0.348. The van der Waals surface area contributed by atoms with E-state index in [4.69, 9.17) is 0 Å². The number of carbonyl (C=O) groups excluding carboxylic acids is 1. The third-order valence-corrected chi connectivity index (χ3v) is 5.68. The van der Waals surface area contributed by atoms with E-state index in [1.807, 2.05) is 30.3 Å². The summed E-state index contributed by atoms with van der Waals surface area (Å²) in [6.07, 6.45) is 0.443. The number of nitrogens with one attached hydrogen (secondary N) is 1. The highest BCUT2D eigenvalue weighted by atomic mass is 32.2. The summed E-state index contributed by atoms with van der Waals surface area (Å²) in [5.74, 6) is -0.0321. The van der Waals surface area contributed by atoms with E-state index in [0.29, 0.717) is 29.0 Å². The number of nitrogens with zero attached hydrogens (tertiary/aromatic N) is 2. The lowest BCUT2D eigenvalue weighted by Crippen LogP contribution is -2.25. The van der Waals surface area contributed by atoms with Crippen molar-refractivity contribution in [1.82, 2.24) is 9.55 Å². The topological polar surface area (TPSA) is 84.2 Å². The van der Waals surface area contributed by atoms with Crippen LogP contribution in [0.5, 0.6) is 0 Å². The molecule has 1 amide bonds. The molecule has 6 nitrogen and oxygen atoms in total. The molecular weight excluding hydrogens is 398 g/mol. The minimum atomic E-state index is -0.159. The number of hydrogen-bond donors (Lipinski definition) is 2. The fourth-order valence-corrected chi connectivity index (χ4v) is 4.07. The molecule has 158 valence electrons. The van der Waals surface area contributed by atoms with Crippen LogP contribution in [0.1, 0.15) is 32.8 Å². The molecule has 3 aromatic rings. The maximum absolute atomic E-state index is 12.9. The van der Waals surface area contributed by atoms with E-state index in [1.165, 1.54) is 11.8 Å². The summed E-state index contributed by atoms with van der Waals surface area (Å²) in [7, 11) is 0.